The molecule has 0 unspecified atom stereocenters. The lowest BCUT2D eigenvalue weighted by molar-refractivity contribution is -0.139. The molecule has 42 heavy (non-hydrogen) atoms. The number of benzene rings is 2. The quantitative estimate of drug-likeness (QED) is 0.425. The number of thioether (sulfide) groups is 1. The third-order valence-corrected chi connectivity index (χ3v) is 8.38. The lowest BCUT2D eigenvalue weighted by Gasteiger charge is -2.38. The number of aliphatic imine (C=N–C) groups is 1. The van der Waals surface area contributed by atoms with Crippen molar-refractivity contribution >= 4 is 40.4 Å². The molecule has 1 saturated heterocycles. The van der Waals surface area contributed by atoms with Crippen molar-refractivity contribution < 1.29 is 28.6 Å². The molecule has 3 aliphatic heterocycles. The van der Waals surface area contributed by atoms with E-state index < -0.39 is 12.0 Å². The van der Waals surface area contributed by atoms with Crippen molar-refractivity contribution in [3.8, 4) is 11.5 Å². The van der Waals surface area contributed by atoms with E-state index in [1.54, 1.807) is 43.9 Å². The lowest BCUT2D eigenvalue weighted by atomic mass is 9.90. The van der Waals surface area contributed by atoms with Gasteiger partial charge in [-0.2, -0.15) is 0 Å². The van der Waals surface area contributed by atoms with E-state index in [9.17, 15) is 14.4 Å². The van der Waals surface area contributed by atoms with Gasteiger partial charge in [-0.3, -0.25) is 9.59 Å². The van der Waals surface area contributed by atoms with Gasteiger partial charge in [0.1, 0.15) is 0 Å². The zero-order valence-electron chi connectivity index (χ0n) is 24.2. The number of amides is 2. The van der Waals surface area contributed by atoms with Gasteiger partial charge in [0.05, 0.1) is 44.6 Å². The van der Waals surface area contributed by atoms with Crippen LogP contribution in [0.1, 0.15) is 37.4 Å². The number of nitrogens with zero attached hydrogens (tertiary/aromatic N) is 4. The molecule has 0 spiro atoms. The summed E-state index contributed by atoms with van der Waals surface area (Å²) in [6.45, 7) is 5.45. The highest BCUT2D eigenvalue weighted by molar-refractivity contribution is 8.16. The fourth-order valence-electron chi connectivity index (χ4n) is 5.45. The highest BCUT2D eigenvalue weighted by Gasteiger charge is 2.44. The highest BCUT2D eigenvalue weighted by atomic mass is 32.2. The maximum absolute atomic E-state index is 13.8. The molecule has 0 N–H and O–H groups in total. The number of carbonyl (C=O) groups is 3. The number of ether oxygens (including phenoxy) is 3. The highest BCUT2D eigenvalue weighted by Crippen LogP contribution is 2.50. The lowest BCUT2D eigenvalue weighted by Crippen LogP contribution is -2.50. The topological polar surface area (TPSA) is 101 Å². The molecule has 1 fully saturated rings. The molecule has 2 amide bonds. The maximum Gasteiger partial charge on any atom is 0.338 e. The van der Waals surface area contributed by atoms with Gasteiger partial charge in [-0.05, 0) is 18.4 Å². The summed E-state index contributed by atoms with van der Waals surface area (Å²) in [5.41, 5.74) is 3.00. The van der Waals surface area contributed by atoms with E-state index >= 15 is 0 Å². The second-order valence-electron chi connectivity index (χ2n) is 9.89. The molecule has 3 heterocycles. The number of para-hydroxylation sites is 1. The zero-order chi connectivity index (χ0) is 29.8. The van der Waals surface area contributed by atoms with Crippen molar-refractivity contribution in [2.75, 3.05) is 47.0 Å². The summed E-state index contributed by atoms with van der Waals surface area (Å²) in [6.07, 6.45) is 0.103. The van der Waals surface area contributed by atoms with E-state index in [-0.39, 0.29) is 24.8 Å². The minimum absolute atomic E-state index is 0.00810. The minimum atomic E-state index is -0.708. The monoisotopic (exact) mass is 590 g/mol. The minimum Gasteiger partial charge on any atom is -0.493 e. The number of hydrogen-bond donors (Lipinski definition) is 0. The van der Waals surface area contributed by atoms with E-state index in [0.717, 1.165) is 5.56 Å². The Kier molecular flexibility index (Phi) is 8.86. The Balaban J connectivity index is 1.59. The van der Waals surface area contributed by atoms with Gasteiger partial charge in [0.25, 0.3) is 0 Å². The molecule has 10 nitrogen and oxygen atoms in total. The van der Waals surface area contributed by atoms with Gasteiger partial charge in [0.2, 0.25) is 11.8 Å². The molecule has 0 radical (unpaired) electrons. The molecule has 11 heteroatoms. The molecule has 220 valence electrons. The van der Waals surface area contributed by atoms with E-state index in [2.05, 4.69) is 0 Å². The number of fused-ring (bicyclic) bond motifs is 1. The van der Waals surface area contributed by atoms with Crippen molar-refractivity contribution in [1.29, 1.82) is 0 Å². The van der Waals surface area contributed by atoms with Crippen molar-refractivity contribution in [2.24, 2.45) is 4.99 Å². The Morgan fingerprint density at radius 2 is 1.67 bits per heavy atom. The number of piperazine rings is 1. The van der Waals surface area contributed by atoms with Gasteiger partial charge in [-0.25, -0.2) is 9.79 Å². The van der Waals surface area contributed by atoms with Crippen LogP contribution < -0.4 is 9.47 Å². The van der Waals surface area contributed by atoms with E-state index in [1.807, 2.05) is 52.8 Å². The van der Waals surface area contributed by atoms with Gasteiger partial charge >= 0.3 is 5.97 Å². The number of hydrogen-bond acceptors (Lipinski definition) is 9. The van der Waals surface area contributed by atoms with Crippen molar-refractivity contribution in [3.63, 3.8) is 0 Å². The van der Waals surface area contributed by atoms with Gasteiger partial charge < -0.3 is 28.9 Å². The average molecular weight is 591 g/mol. The summed E-state index contributed by atoms with van der Waals surface area (Å²) in [6, 6.07) is 14.3. The third kappa shape index (κ3) is 5.61. The maximum atomic E-state index is 13.8. The Morgan fingerprint density at radius 1 is 0.952 bits per heavy atom. The van der Waals surface area contributed by atoms with Crippen LogP contribution in [-0.4, -0.2) is 84.7 Å². The second kappa shape index (κ2) is 12.7. The fraction of sp³-hybridized carbons (Fsp3) is 0.355. The first-order chi connectivity index (χ1) is 20.4. The van der Waals surface area contributed by atoms with E-state index in [0.29, 0.717) is 65.4 Å². The van der Waals surface area contributed by atoms with Gasteiger partial charge in [-0.15, -0.1) is 0 Å². The Hall–Kier alpha value is -4.25. The molecule has 1 atom stereocenters. The Labute approximate surface area is 249 Å². The molecule has 0 aromatic heterocycles. The van der Waals surface area contributed by atoms with Crippen LogP contribution in [0.5, 0.6) is 11.5 Å². The molecule has 0 bridgehead atoms. The first-order valence-electron chi connectivity index (χ1n) is 13.8. The van der Waals surface area contributed by atoms with Gasteiger partial charge in [0.15, 0.2) is 16.7 Å². The summed E-state index contributed by atoms with van der Waals surface area (Å²) >= 11 is 1.41. The van der Waals surface area contributed by atoms with Crippen LogP contribution in [0.15, 0.2) is 70.2 Å². The molecule has 0 aliphatic carbocycles. The molecule has 2 aromatic carbocycles. The van der Waals surface area contributed by atoms with Crippen LogP contribution in [0.3, 0.4) is 0 Å². The van der Waals surface area contributed by atoms with Crippen LogP contribution in [0, 0.1) is 0 Å². The second-order valence-corrected chi connectivity index (χ2v) is 10.7. The molecule has 3 aliphatic rings. The first-order valence-corrected chi connectivity index (χ1v) is 14.7. The van der Waals surface area contributed by atoms with Crippen molar-refractivity contribution in [2.45, 2.75) is 26.3 Å². The van der Waals surface area contributed by atoms with Gasteiger partial charge in [-0.1, -0.05) is 54.2 Å². The first kappa shape index (κ1) is 29.2. The molecular weight excluding hydrogens is 556 g/mol. The molecule has 5 rings (SSSR count). The number of amidine groups is 1. The predicted octanol–water partition coefficient (Wildman–Crippen LogP) is 4.06. The summed E-state index contributed by atoms with van der Waals surface area (Å²) < 4.78 is 17.1. The van der Waals surface area contributed by atoms with Gasteiger partial charge in [0, 0.05) is 49.9 Å². The number of carbonyl (C=O) groups excluding carboxylic acids is 3. The molecular formula is C31H34N4O6S. The third-order valence-electron chi connectivity index (χ3n) is 7.49. The van der Waals surface area contributed by atoms with Crippen molar-refractivity contribution in [1.82, 2.24) is 14.7 Å². The molecule has 0 saturated carbocycles. The number of esters is 1. The van der Waals surface area contributed by atoms with E-state index in [4.69, 9.17) is 19.2 Å². The summed E-state index contributed by atoms with van der Waals surface area (Å²) in [7, 11) is 3.12. The van der Waals surface area contributed by atoms with Crippen LogP contribution in [0.4, 0.5) is 0 Å². The largest absolute Gasteiger partial charge is 0.493 e. The number of rotatable bonds is 8. The van der Waals surface area contributed by atoms with Crippen LogP contribution in [0.2, 0.25) is 0 Å². The summed E-state index contributed by atoms with van der Waals surface area (Å²) in [5.74, 6) is 0.438. The summed E-state index contributed by atoms with van der Waals surface area (Å²) in [4.78, 5) is 49.5. The Morgan fingerprint density at radius 3 is 2.31 bits per heavy atom. The van der Waals surface area contributed by atoms with Crippen LogP contribution >= 0.6 is 11.8 Å². The number of methoxy groups -OCH3 is 2. The van der Waals surface area contributed by atoms with Crippen LogP contribution in [0.25, 0.3) is 5.70 Å². The Bertz CT molecular complexity index is 1460. The standard InChI is InChI=1S/C31H34N4O6S/c1-5-41-30(38)26-27(21-10-7-6-8-11-21)32-31-35(28(26)23-12-9-13-24(39-3)29(23)40-4)22(19-42-31)18-25(37)34-16-14-33(15-17-34)20(2)36/h6-13,19,28H,5,14-18H2,1-4H3/t28-/m1/s1. The SMILES string of the molecule is CCOC(=O)C1=C(c2ccccc2)N=C2SC=C(CC(=O)N3CCN(C(C)=O)CC3)N2[C@@H]1c1cccc(OC)c1OC. The fourth-order valence-corrected chi connectivity index (χ4v) is 6.37. The average Bonchev–Trinajstić information content (AvgIpc) is 3.42. The van der Waals surface area contributed by atoms with Crippen LogP contribution in [-0.2, 0) is 19.1 Å². The predicted molar refractivity (Wildman–Crippen MR) is 161 cm³/mol. The normalized spacial score (nSPS) is 18.3. The summed E-state index contributed by atoms with van der Waals surface area (Å²) in [5, 5.41) is 2.56. The van der Waals surface area contributed by atoms with Crippen molar-refractivity contribution in [3.05, 3.63) is 76.3 Å². The smallest absolute Gasteiger partial charge is 0.338 e. The van der Waals surface area contributed by atoms with E-state index in [1.165, 1.54) is 11.8 Å². The molecule has 2 aromatic rings. The zero-order valence-corrected chi connectivity index (χ0v) is 25.0.